The van der Waals surface area contributed by atoms with Gasteiger partial charge in [0.1, 0.15) is 5.75 Å². The van der Waals surface area contributed by atoms with Gasteiger partial charge in [-0.3, -0.25) is 9.48 Å². The molecule has 0 aliphatic heterocycles. The molecular formula is C27H27N3O4. The van der Waals surface area contributed by atoms with Crippen LogP contribution < -0.4 is 10.1 Å². The SMILES string of the molecule is CCC(C(=O)Nc1ccc2cnn(Cc3ccc(C(=O)OC)cc3OC)c2c1)c1ccccc1. The minimum Gasteiger partial charge on any atom is -0.496 e. The largest absolute Gasteiger partial charge is 0.496 e. The summed E-state index contributed by atoms with van der Waals surface area (Å²) in [5.74, 6) is -0.112. The topological polar surface area (TPSA) is 82.5 Å². The monoisotopic (exact) mass is 457 g/mol. The molecule has 1 unspecified atom stereocenters. The van der Waals surface area contributed by atoms with E-state index in [1.807, 2.05) is 66.2 Å². The number of nitrogens with one attached hydrogen (secondary N) is 1. The normalized spacial score (nSPS) is 11.7. The molecule has 34 heavy (non-hydrogen) atoms. The summed E-state index contributed by atoms with van der Waals surface area (Å²) in [6.07, 6.45) is 2.49. The molecule has 4 aromatic rings. The molecule has 0 radical (unpaired) electrons. The Bertz CT molecular complexity index is 1310. The lowest BCUT2D eigenvalue weighted by Gasteiger charge is -2.16. The number of hydrogen-bond donors (Lipinski definition) is 1. The fourth-order valence-corrected chi connectivity index (χ4v) is 4.04. The lowest BCUT2D eigenvalue weighted by Crippen LogP contribution is -2.20. The second kappa shape index (κ2) is 10.2. The number of carbonyl (C=O) groups excluding carboxylic acids is 2. The first kappa shape index (κ1) is 23.0. The summed E-state index contributed by atoms with van der Waals surface area (Å²) in [5, 5.41) is 8.53. The predicted octanol–water partition coefficient (Wildman–Crippen LogP) is 5.01. The molecular weight excluding hydrogens is 430 g/mol. The summed E-state index contributed by atoms with van der Waals surface area (Å²) in [7, 11) is 2.91. The number of benzene rings is 3. The Labute approximate surface area is 198 Å². The molecule has 1 heterocycles. The zero-order valence-corrected chi connectivity index (χ0v) is 19.4. The number of esters is 1. The molecule has 1 N–H and O–H groups in total. The number of fused-ring (bicyclic) bond motifs is 1. The highest BCUT2D eigenvalue weighted by Crippen LogP contribution is 2.26. The molecule has 0 saturated carbocycles. The molecule has 1 amide bonds. The summed E-state index contributed by atoms with van der Waals surface area (Å²) in [4.78, 5) is 24.8. The van der Waals surface area contributed by atoms with Gasteiger partial charge in [-0.05, 0) is 42.3 Å². The molecule has 1 atom stereocenters. The van der Waals surface area contributed by atoms with Crippen molar-refractivity contribution in [2.45, 2.75) is 25.8 Å². The fraction of sp³-hybridized carbons (Fsp3) is 0.222. The van der Waals surface area contributed by atoms with Crippen molar-refractivity contribution in [3.8, 4) is 5.75 Å². The lowest BCUT2D eigenvalue weighted by molar-refractivity contribution is -0.117. The summed E-state index contributed by atoms with van der Waals surface area (Å²) < 4.78 is 12.1. The summed E-state index contributed by atoms with van der Waals surface area (Å²) in [6.45, 7) is 2.45. The van der Waals surface area contributed by atoms with Crippen molar-refractivity contribution in [1.29, 1.82) is 0 Å². The van der Waals surface area contributed by atoms with Crippen molar-refractivity contribution in [1.82, 2.24) is 9.78 Å². The van der Waals surface area contributed by atoms with Gasteiger partial charge in [0, 0.05) is 16.6 Å². The van der Waals surface area contributed by atoms with Crippen LogP contribution in [0.25, 0.3) is 10.9 Å². The van der Waals surface area contributed by atoms with Crippen LogP contribution in [0, 0.1) is 0 Å². The highest BCUT2D eigenvalue weighted by molar-refractivity contribution is 5.97. The van der Waals surface area contributed by atoms with Crippen LogP contribution in [0.5, 0.6) is 5.75 Å². The second-order valence-corrected chi connectivity index (χ2v) is 7.95. The van der Waals surface area contributed by atoms with E-state index in [-0.39, 0.29) is 11.8 Å². The lowest BCUT2D eigenvalue weighted by atomic mass is 9.95. The number of nitrogens with zero attached hydrogens (tertiary/aromatic N) is 2. The van der Waals surface area contributed by atoms with Gasteiger partial charge in [-0.2, -0.15) is 5.10 Å². The average Bonchev–Trinajstić information content (AvgIpc) is 3.26. The number of aromatic nitrogens is 2. The van der Waals surface area contributed by atoms with Crippen LogP contribution in [0.3, 0.4) is 0 Å². The Kier molecular flexibility index (Phi) is 6.92. The summed E-state index contributed by atoms with van der Waals surface area (Å²) in [6, 6.07) is 20.7. The van der Waals surface area contributed by atoms with E-state index in [0.29, 0.717) is 30.0 Å². The van der Waals surface area contributed by atoms with Crippen LogP contribution in [-0.4, -0.2) is 35.9 Å². The number of anilines is 1. The molecule has 7 nitrogen and oxygen atoms in total. The van der Waals surface area contributed by atoms with Crippen LogP contribution in [0.4, 0.5) is 5.69 Å². The molecule has 0 bridgehead atoms. The number of hydrogen-bond acceptors (Lipinski definition) is 5. The number of rotatable bonds is 8. The van der Waals surface area contributed by atoms with E-state index in [1.165, 1.54) is 7.11 Å². The molecule has 0 aliphatic carbocycles. The first-order valence-electron chi connectivity index (χ1n) is 11.1. The van der Waals surface area contributed by atoms with Gasteiger partial charge in [0.05, 0.1) is 44.0 Å². The number of amides is 1. The van der Waals surface area contributed by atoms with Crippen molar-refractivity contribution in [2.24, 2.45) is 0 Å². The van der Waals surface area contributed by atoms with E-state index in [9.17, 15) is 9.59 Å². The Morgan fingerprint density at radius 3 is 2.53 bits per heavy atom. The van der Waals surface area contributed by atoms with Crippen LogP contribution in [-0.2, 0) is 16.1 Å². The predicted molar refractivity (Wildman–Crippen MR) is 131 cm³/mol. The maximum Gasteiger partial charge on any atom is 0.337 e. The molecule has 0 spiro atoms. The van der Waals surface area contributed by atoms with Crippen LogP contribution in [0.2, 0.25) is 0 Å². The van der Waals surface area contributed by atoms with E-state index in [0.717, 1.165) is 22.0 Å². The minimum atomic E-state index is -0.421. The highest BCUT2D eigenvalue weighted by Gasteiger charge is 2.19. The molecule has 7 heteroatoms. The van der Waals surface area contributed by atoms with Gasteiger partial charge in [-0.25, -0.2) is 4.79 Å². The van der Waals surface area contributed by atoms with Crippen LogP contribution in [0.1, 0.15) is 40.7 Å². The van der Waals surface area contributed by atoms with Crippen LogP contribution >= 0.6 is 0 Å². The Balaban J connectivity index is 1.58. The van der Waals surface area contributed by atoms with E-state index in [1.54, 1.807) is 25.4 Å². The maximum atomic E-state index is 13.0. The molecule has 3 aromatic carbocycles. The van der Waals surface area contributed by atoms with Gasteiger partial charge < -0.3 is 14.8 Å². The number of methoxy groups -OCH3 is 2. The van der Waals surface area contributed by atoms with Crippen molar-refractivity contribution < 1.29 is 19.1 Å². The molecule has 1 aromatic heterocycles. The second-order valence-electron chi connectivity index (χ2n) is 7.95. The number of carbonyl (C=O) groups is 2. The Morgan fingerprint density at radius 2 is 1.82 bits per heavy atom. The third-order valence-electron chi connectivity index (χ3n) is 5.87. The van der Waals surface area contributed by atoms with Gasteiger partial charge in [0.15, 0.2) is 0 Å². The van der Waals surface area contributed by atoms with Crippen molar-refractivity contribution >= 4 is 28.5 Å². The van der Waals surface area contributed by atoms with E-state index in [2.05, 4.69) is 10.4 Å². The Hall–Kier alpha value is -4.13. The Morgan fingerprint density at radius 1 is 1.03 bits per heavy atom. The van der Waals surface area contributed by atoms with Gasteiger partial charge in [-0.15, -0.1) is 0 Å². The standard InChI is InChI=1S/C27H27N3O4/c1-4-23(18-8-6-5-7-9-18)26(31)29-22-13-12-20-16-28-30(24(20)15-22)17-21-11-10-19(27(32)34-3)14-25(21)33-2/h5-16,23H,4,17H2,1-3H3,(H,29,31). The van der Waals surface area contributed by atoms with Gasteiger partial charge in [0.25, 0.3) is 0 Å². The number of ether oxygens (including phenoxy) is 2. The van der Waals surface area contributed by atoms with Crippen molar-refractivity contribution in [3.05, 3.63) is 89.6 Å². The van der Waals surface area contributed by atoms with Crippen molar-refractivity contribution in [3.63, 3.8) is 0 Å². The smallest absolute Gasteiger partial charge is 0.337 e. The summed E-state index contributed by atoms with van der Waals surface area (Å²) >= 11 is 0. The van der Waals surface area contributed by atoms with Gasteiger partial charge in [-0.1, -0.05) is 43.3 Å². The zero-order valence-electron chi connectivity index (χ0n) is 19.4. The summed E-state index contributed by atoms with van der Waals surface area (Å²) in [5.41, 5.74) is 3.87. The van der Waals surface area contributed by atoms with E-state index >= 15 is 0 Å². The maximum absolute atomic E-state index is 13.0. The zero-order chi connectivity index (χ0) is 24.1. The van der Waals surface area contributed by atoms with E-state index in [4.69, 9.17) is 9.47 Å². The average molecular weight is 458 g/mol. The van der Waals surface area contributed by atoms with Crippen LogP contribution in [0.15, 0.2) is 72.9 Å². The third-order valence-corrected chi connectivity index (χ3v) is 5.87. The molecule has 4 rings (SSSR count). The molecule has 0 fully saturated rings. The fourth-order valence-electron chi connectivity index (χ4n) is 4.04. The van der Waals surface area contributed by atoms with E-state index < -0.39 is 5.97 Å². The van der Waals surface area contributed by atoms with Crippen molar-refractivity contribution in [2.75, 3.05) is 19.5 Å². The minimum absolute atomic E-state index is 0.0424. The molecule has 0 saturated heterocycles. The first-order chi connectivity index (χ1) is 16.5. The van der Waals surface area contributed by atoms with Gasteiger partial charge >= 0.3 is 5.97 Å². The first-order valence-corrected chi connectivity index (χ1v) is 11.1. The molecule has 174 valence electrons. The van der Waals surface area contributed by atoms with Gasteiger partial charge in [0.2, 0.25) is 5.91 Å². The molecule has 0 aliphatic rings. The highest BCUT2D eigenvalue weighted by atomic mass is 16.5. The third kappa shape index (κ3) is 4.78. The quantitative estimate of drug-likeness (QED) is 0.376.